The highest BCUT2D eigenvalue weighted by Gasteiger charge is 2.13. The number of fused-ring (bicyclic) bond motifs is 1. The van der Waals surface area contributed by atoms with Crippen LogP contribution in [0.2, 0.25) is 0 Å². The minimum atomic E-state index is -0.400. The van der Waals surface area contributed by atoms with Gasteiger partial charge in [0, 0.05) is 0 Å². The predicted molar refractivity (Wildman–Crippen MR) is 52.7 cm³/mol. The number of ketones is 1. The monoisotopic (exact) mass is 206 g/mol. The summed E-state index contributed by atoms with van der Waals surface area (Å²) in [6, 6.07) is 3.35. The molecule has 1 N–H and O–H groups in total. The van der Waals surface area contributed by atoms with Gasteiger partial charge >= 0.3 is 5.69 Å². The highest BCUT2D eigenvalue weighted by molar-refractivity contribution is 5.82. The van der Waals surface area contributed by atoms with Crippen LogP contribution < -0.4 is 5.69 Å². The van der Waals surface area contributed by atoms with Crippen LogP contribution in [0.15, 0.2) is 16.9 Å². The fraction of sp³-hybridized carbons (Fsp3) is 0.333. The fourth-order valence-electron chi connectivity index (χ4n) is 1.26. The molecule has 15 heavy (non-hydrogen) atoms. The van der Waals surface area contributed by atoms with E-state index in [1.54, 1.807) is 19.1 Å². The third-order valence-electron chi connectivity index (χ3n) is 2.35. The van der Waals surface area contributed by atoms with Crippen LogP contribution in [0.25, 0.3) is 5.65 Å². The number of carbonyl (C=O) groups is 1. The molecule has 2 rings (SSSR count). The van der Waals surface area contributed by atoms with E-state index < -0.39 is 5.69 Å². The van der Waals surface area contributed by atoms with Gasteiger partial charge in [0.25, 0.3) is 0 Å². The van der Waals surface area contributed by atoms with Crippen molar-refractivity contribution in [1.82, 2.24) is 19.8 Å². The first kappa shape index (κ1) is 9.57. The minimum absolute atomic E-state index is 0.0124. The van der Waals surface area contributed by atoms with E-state index in [9.17, 15) is 9.59 Å². The number of Topliss-reactive ketones (excluding diaryl/α,β-unsaturated/α-hetero) is 1. The molecule has 6 heteroatoms. The van der Waals surface area contributed by atoms with Crippen LogP contribution in [0.3, 0.4) is 0 Å². The zero-order valence-electron chi connectivity index (χ0n) is 8.39. The molecule has 0 saturated heterocycles. The van der Waals surface area contributed by atoms with Crippen LogP contribution in [0, 0.1) is 0 Å². The van der Waals surface area contributed by atoms with Crippen molar-refractivity contribution in [3.05, 3.63) is 28.3 Å². The van der Waals surface area contributed by atoms with Gasteiger partial charge in [0.15, 0.2) is 5.65 Å². The lowest BCUT2D eigenvalue weighted by atomic mass is 10.0. The molecule has 0 aliphatic carbocycles. The molecule has 0 radical (unpaired) electrons. The van der Waals surface area contributed by atoms with E-state index in [0.717, 1.165) is 4.52 Å². The summed E-state index contributed by atoms with van der Waals surface area (Å²) < 4.78 is 1.15. The van der Waals surface area contributed by atoms with Gasteiger partial charge in [-0.15, -0.1) is 0 Å². The van der Waals surface area contributed by atoms with Gasteiger partial charge in [0.05, 0.1) is 11.6 Å². The standard InChI is InChI=1S/C9H10N4O2/c1-5(6(2)14)7-3-4-8-10-11-9(15)13(8)12-7/h3-5H,1-2H3,(H,11,15). The second-order valence-corrected chi connectivity index (χ2v) is 3.39. The number of nitrogens with zero attached hydrogens (tertiary/aromatic N) is 3. The molecule has 0 fully saturated rings. The summed E-state index contributed by atoms with van der Waals surface area (Å²) in [6.07, 6.45) is 0. The molecule has 78 valence electrons. The summed E-state index contributed by atoms with van der Waals surface area (Å²) >= 11 is 0. The van der Waals surface area contributed by atoms with Crippen LogP contribution in [-0.2, 0) is 4.79 Å². The Morgan fingerprint density at radius 2 is 2.27 bits per heavy atom. The third kappa shape index (κ3) is 1.54. The predicted octanol–water partition coefficient (Wildman–Crippen LogP) is 0.110. The number of nitrogens with one attached hydrogen (secondary N) is 1. The number of rotatable bonds is 2. The largest absolute Gasteiger partial charge is 0.364 e. The molecule has 0 amide bonds. The molecule has 0 aromatic carbocycles. The Labute approximate surface area is 84.9 Å². The summed E-state index contributed by atoms with van der Waals surface area (Å²) in [5, 5.41) is 10.1. The molecule has 2 heterocycles. The molecular weight excluding hydrogens is 196 g/mol. The minimum Gasteiger partial charge on any atom is -0.299 e. The van der Waals surface area contributed by atoms with E-state index in [2.05, 4.69) is 15.3 Å². The highest BCUT2D eigenvalue weighted by atomic mass is 16.2. The van der Waals surface area contributed by atoms with E-state index in [-0.39, 0.29) is 11.7 Å². The molecule has 1 unspecified atom stereocenters. The van der Waals surface area contributed by atoms with Crippen LogP contribution in [0.1, 0.15) is 25.5 Å². The molecule has 0 spiro atoms. The maximum atomic E-state index is 11.2. The normalized spacial score (nSPS) is 12.9. The molecular formula is C9H10N4O2. The second kappa shape index (κ2) is 3.30. The number of aromatic amines is 1. The van der Waals surface area contributed by atoms with Crippen molar-refractivity contribution >= 4 is 11.4 Å². The Morgan fingerprint density at radius 1 is 1.53 bits per heavy atom. The second-order valence-electron chi connectivity index (χ2n) is 3.39. The number of H-pyrrole nitrogens is 1. The summed E-state index contributed by atoms with van der Waals surface area (Å²) in [6.45, 7) is 3.25. The SMILES string of the molecule is CC(=O)C(C)c1ccc2n[nH]c(=O)n2n1. The van der Waals surface area contributed by atoms with Crippen molar-refractivity contribution in [3.8, 4) is 0 Å². The first-order chi connectivity index (χ1) is 7.09. The smallest absolute Gasteiger partial charge is 0.299 e. The number of hydrogen-bond acceptors (Lipinski definition) is 4. The van der Waals surface area contributed by atoms with Crippen molar-refractivity contribution in [2.75, 3.05) is 0 Å². The average molecular weight is 206 g/mol. The van der Waals surface area contributed by atoms with Crippen molar-refractivity contribution in [1.29, 1.82) is 0 Å². The molecule has 0 bridgehead atoms. The lowest BCUT2D eigenvalue weighted by Crippen LogP contribution is -2.16. The molecule has 2 aromatic rings. The van der Waals surface area contributed by atoms with Gasteiger partial charge in [-0.3, -0.25) is 4.79 Å². The van der Waals surface area contributed by atoms with Gasteiger partial charge in [-0.25, -0.2) is 9.89 Å². The van der Waals surface area contributed by atoms with Gasteiger partial charge in [0.2, 0.25) is 0 Å². The quantitative estimate of drug-likeness (QED) is 0.756. The summed E-state index contributed by atoms with van der Waals surface area (Å²) in [7, 11) is 0. The maximum Gasteiger partial charge on any atom is 0.364 e. The summed E-state index contributed by atoms with van der Waals surface area (Å²) in [5.74, 6) is -0.297. The average Bonchev–Trinajstić information content (AvgIpc) is 2.59. The summed E-state index contributed by atoms with van der Waals surface area (Å²) in [5.41, 5.74) is 0.612. The lowest BCUT2D eigenvalue weighted by Gasteiger charge is -2.05. The Bertz CT molecular complexity index is 569. The zero-order valence-corrected chi connectivity index (χ0v) is 8.39. The van der Waals surface area contributed by atoms with Gasteiger partial charge in [-0.1, -0.05) is 0 Å². The Hall–Kier alpha value is -1.98. The topological polar surface area (TPSA) is 80.1 Å². The van der Waals surface area contributed by atoms with E-state index in [0.29, 0.717) is 11.3 Å². The Morgan fingerprint density at radius 3 is 2.93 bits per heavy atom. The van der Waals surface area contributed by atoms with Crippen LogP contribution in [-0.4, -0.2) is 25.6 Å². The van der Waals surface area contributed by atoms with Gasteiger partial charge < -0.3 is 0 Å². The fourth-order valence-corrected chi connectivity index (χ4v) is 1.26. The third-order valence-corrected chi connectivity index (χ3v) is 2.35. The van der Waals surface area contributed by atoms with Crippen LogP contribution >= 0.6 is 0 Å². The van der Waals surface area contributed by atoms with Gasteiger partial charge in [0.1, 0.15) is 5.78 Å². The van der Waals surface area contributed by atoms with Gasteiger partial charge in [-0.2, -0.15) is 14.7 Å². The van der Waals surface area contributed by atoms with Crippen molar-refractivity contribution in [2.45, 2.75) is 19.8 Å². The maximum absolute atomic E-state index is 11.2. The van der Waals surface area contributed by atoms with Crippen LogP contribution in [0.4, 0.5) is 0 Å². The lowest BCUT2D eigenvalue weighted by molar-refractivity contribution is -0.118. The number of carbonyl (C=O) groups excluding carboxylic acids is 1. The molecule has 0 aliphatic heterocycles. The Kier molecular flexibility index (Phi) is 2.11. The molecule has 6 nitrogen and oxygen atoms in total. The van der Waals surface area contributed by atoms with E-state index >= 15 is 0 Å². The summed E-state index contributed by atoms with van der Waals surface area (Å²) in [4.78, 5) is 22.4. The van der Waals surface area contributed by atoms with E-state index in [4.69, 9.17) is 0 Å². The molecule has 0 saturated carbocycles. The molecule has 2 aromatic heterocycles. The van der Waals surface area contributed by atoms with E-state index in [1.165, 1.54) is 6.92 Å². The Balaban J connectivity index is 2.59. The van der Waals surface area contributed by atoms with Crippen molar-refractivity contribution in [3.63, 3.8) is 0 Å². The van der Waals surface area contributed by atoms with Gasteiger partial charge in [-0.05, 0) is 26.0 Å². The van der Waals surface area contributed by atoms with Crippen molar-refractivity contribution < 1.29 is 4.79 Å². The van der Waals surface area contributed by atoms with Crippen molar-refractivity contribution in [2.24, 2.45) is 0 Å². The van der Waals surface area contributed by atoms with E-state index in [1.807, 2.05) is 0 Å². The van der Waals surface area contributed by atoms with Crippen LogP contribution in [0.5, 0.6) is 0 Å². The highest BCUT2D eigenvalue weighted by Crippen LogP contribution is 2.12. The first-order valence-corrected chi connectivity index (χ1v) is 4.54. The molecule has 0 aliphatic rings. The zero-order chi connectivity index (χ0) is 11.0. The number of hydrogen-bond donors (Lipinski definition) is 1. The number of aromatic nitrogens is 4. The molecule has 1 atom stereocenters. The first-order valence-electron chi connectivity index (χ1n) is 4.54.